The average Bonchev–Trinajstić information content (AvgIpc) is 3.00. The van der Waals surface area contributed by atoms with E-state index in [0.29, 0.717) is 48.8 Å². The SMILES string of the molecule is CC(=O)OCc1ccc(CN2CCc3nc(S(C)(=O)=O)[nH]c(=O)c3C2)o1. The van der Waals surface area contributed by atoms with E-state index in [9.17, 15) is 18.0 Å². The van der Waals surface area contributed by atoms with Gasteiger partial charge in [0.1, 0.15) is 18.1 Å². The van der Waals surface area contributed by atoms with Gasteiger partial charge in [0, 0.05) is 32.7 Å². The van der Waals surface area contributed by atoms with Gasteiger partial charge in [-0.1, -0.05) is 0 Å². The molecule has 2 aromatic heterocycles. The summed E-state index contributed by atoms with van der Waals surface area (Å²) < 4.78 is 33.7. The fourth-order valence-electron chi connectivity index (χ4n) is 2.75. The molecule has 0 radical (unpaired) electrons. The Balaban J connectivity index is 1.71. The Hall–Kier alpha value is -2.46. The van der Waals surface area contributed by atoms with Gasteiger partial charge in [0.05, 0.1) is 17.8 Å². The summed E-state index contributed by atoms with van der Waals surface area (Å²) in [6.07, 6.45) is 1.49. The number of hydrogen-bond donors (Lipinski definition) is 1. The number of ether oxygens (including phenoxy) is 1. The first-order valence-electron chi connectivity index (χ1n) is 7.98. The molecule has 0 fully saturated rings. The molecule has 1 N–H and O–H groups in total. The molecule has 0 atom stereocenters. The Morgan fingerprint density at radius 1 is 1.38 bits per heavy atom. The van der Waals surface area contributed by atoms with Crippen LogP contribution in [0.2, 0.25) is 0 Å². The first-order chi connectivity index (χ1) is 12.2. The van der Waals surface area contributed by atoms with E-state index in [1.807, 2.05) is 4.90 Å². The minimum atomic E-state index is -3.56. The molecule has 0 saturated heterocycles. The molecule has 140 valence electrons. The maximum absolute atomic E-state index is 12.2. The molecule has 0 aliphatic carbocycles. The standard InChI is InChI=1S/C16H19N3O6S/c1-10(20)24-9-12-4-3-11(25-12)7-19-6-5-14-13(8-19)15(21)18-16(17-14)26(2,22)23/h3-4H,5-9H2,1-2H3,(H,17,18,21). The Morgan fingerprint density at radius 3 is 2.81 bits per heavy atom. The number of nitrogens with zero attached hydrogens (tertiary/aromatic N) is 2. The minimum absolute atomic E-state index is 0.0794. The number of furan rings is 1. The van der Waals surface area contributed by atoms with E-state index < -0.39 is 15.4 Å². The van der Waals surface area contributed by atoms with Crippen LogP contribution in [0.3, 0.4) is 0 Å². The molecule has 1 aliphatic rings. The van der Waals surface area contributed by atoms with Crippen molar-refractivity contribution in [1.29, 1.82) is 0 Å². The summed E-state index contributed by atoms with van der Waals surface area (Å²) in [6.45, 7) is 2.85. The Bertz CT molecular complexity index is 992. The second-order valence-corrected chi connectivity index (χ2v) is 8.11. The van der Waals surface area contributed by atoms with Crippen molar-refractivity contribution in [1.82, 2.24) is 14.9 Å². The van der Waals surface area contributed by atoms with Gasteiger partial charge in [0.2, 0.25) is 15.0 Å². The van der Waals surface area contributed by atoms with Crippen molar-refractivity contribution in [2.75, 3.05) is 12.8 Å². The highest BCUT2D eigenvalue weighted by Crippen LogP contribution is 2.18. The van der Waals surface area contributed by atoms with Gasteiger partial charge in [-0.15, -0.1) is 0 Å². The lowest BCUT2D eigenvalue weighted by Gasteiger charge is -2.26. The Kier molecular flexibility index (Phi) is 4.97. The number of hydrogen-bond acceptors (Lipinski definition) is 8. The molecule has 0 aromatic carbocycles. The second-order valence-electron chi connectivity index (χ2n) is 6.18. The van der Waals surface area contributed by atoms with Crippen LogP contribution in [0.25, 0.3) is 0 Å². The van der Waals surface area contributed by atoms with Gasteiger partial charge in [0.15, 0.2) is 0 Å². The summed E-state index contributed by atoms with van der Waals surface area (Å²) in [5.74, 6) is 0.855. The van der Waals surface area contributed by atoms with E-state index in [2.05, 4.69) is 9.97 Å². The molecule has 0 spiro atoms. The molecule has 0 saturated carbocycles. The van der Waals surface area contributed by atoms with Gasteiger partial charge in [-0.3, -0.25) is 19.5 Å². The topological polar surface area (TPSA) is 123 Å². The summed E-state index contributed by atoms with van der Waals surface area (Å²) in [5, 5.41) is -0.296. The van der Waals surface area contributed by atoms with Crippen molar-refractivity contribution in [3.8, 4) is 0 Å². The lowest BCUT2D eigenvalue weighted by Crippen LogP contribution is -2.36. The van der Waals surface area contributed by atoms with Crippen LogP contribution < -0.4 is 5.56 Å². The van der Waals surface area contributed by atoms with E-state index in [0.717, 1.165) is 6.26 Å². The maximum atomic E-state index is 12.2. The third-order valence-electron chi connectivity index (χ3n) is 3.99. The van der Waals surface area contributed by atoms with Crippen LogP contribution in [0.4, 0.5) is 0 Å². The molecular formula is C16H19N3O6S. The fraction of sp³-hybridized carbons (Fsp3) is 0.438. The van der Waals surface area contributed by atoms with Crippen molar-refractivity contribution < 1.29 is 22.4 Å². The summed E-state index contributed by atoms with van der Waals surface area (Å²) in [6, 6.07) is 3.53. The normalized spacial score (nSPS) is 14.8. The monoisotopic (exact) mass is 381 g/mol. The van der Waals surface area contributed by atoms with Crippen LogP contribution >= 0.6 is 0 Å². The number of esters is 1. The van der Waals surface area contributed by atoms with Crippen molar-refractivity contribution in [3.63, 3.8) is 0 Å². The number of carbonyl (C=O) groups excluding carboxylic acids is 1. The predicted molar refractivity (Wildman–Crippen MR) is 90.0 cm³/mol. The van der Waals surface area contributed by atoms with E-state index in [-0.39, 0.29) is 17.7 Å². The molecule has 1 aliphatic heterocycles. The van der Waals surface area contributed by atoms with Crippen LogP contribution in [-0.2, 0) is 45.5 Å². The van der Waals surface area contributed by atoms with E-state index in [1.54, 1.807) is 12.1 Å². The van der Waals surface area contributed by atoms with Crippen LogP contribution in [-0.4, -0.2) is 42.1 Å². The molecule has 3 rings (SSSR count). The van der Waals surface area contributed by atoms with Gasteiger partial charge in [-0.25, -0.2) is 13.4 Å². The first-order valence-corrected chi connectivity index (χ1v) is 9.87. The quantitative estimate of drug-likeness (QED) is 0.583. The molecule has 2 aromatic rings. The number of nitrogens with one attached hydrogen (secondary N) is 1. The highest BCUT2D eigenvalue weighted by Gasteiger charge is 2.24. The number of aromatic amines is 1. The van der Waals surface area contributed by atoms with Crippen molar-refractivity contribution >= 4 is 15.8 Å². The smallest absolute Gasteiger partial charge is 0.303 e. The zero-order valence-corrected chi connectivity index (χ0v) is 15.3. The number of fused-ring (bicyclic) bond motifs is 1. The number of sulfone groups is 1. The molecule has 0 amide bonds. The lowest BCUT2D eigenvalue weighted by atomic mass is 10.1. The van der Waals surface area contributed by atoms with E-state index >= 15 is 0 Å². The van der Waals surface area contributed by atoms with Gasteiger partial charge in [-0.05, 0) is 12.1 Å². The van der Waals surface area contributed by atoms with Crippen LogP contribution in [0.15, 0.2) is 26.5 Å². The van der Waals surface area contributed by atoms with E-state index in [1.165, 1.54) is 6.92 Å². The van der Waals surface area contributed by atoms with Crippen molar-refractivity contribution in [2.45, 2.75) is 38.2 Å². The zero-order chi connectivity index (χ0) is 18.9. The molecule has 26 heavy (non-hydrogen) atoms. The summed E-state index contributed by atoms with van der Waals surface area (Å²) in [4.78, 5) is 31.5. The molecule has 9 nitrogen and oxygen atoms in total. The second kappa shape index (κ2) is 7.04. The highest BCUT2D eigenvalue weighted by molar-refractivity contribution is 7.90. The number of H-pyrrole nitrogens is 1. The first kappa shape index (κ1) is 18.3. The van der Waals surface area contributed by atoms with Crippen LogP contribution in [0.1, 0.15) is 29.7 Å². The van der Waals surface area contributed by atoms with Gasteiger partial charge >= 0.3 is 5.97 Å². The number of carbonyl (C=O) groups is 1. The fourth-order valence-corrected chi connectivity index (χ4v) is 3.30. The largest absolute Gasteiger partial charge is 0.461 e. The Morgan fingerprint density at radius 2 is 2.12 bits per heavy atom. The average molecular weight is 381 g/mol. The molecule has 3 heterocycles. The maximum Gasteiger partial charge on any atom is 0.303 e. The summed E-state index contributed by atoms with van der Waals surface area (Å²) in [7, 11) is -3.56. The van der Waals surface area contributed by atoms with Gasteiger partial charge in [0.25, 0.3) is 5.56 Å². The van der Waals surface area contributed by atoms with Crippen molar-refractivity contribution in [2.24, 2.45) is 0 Å². The van der Waals surface area contributed by atoms with Crippen molar-refractivity contribution in [3.05, 3.63) is 45.3 Å². The molecule has 0 bridgehead atoms. The van der Waals surface area contributed by atoms with Gasteiger partial charge < -0.3 is 9.15 Å². The summed E-state index contributed by atoms with van der Waals surface area (Å²) in [5.41, 5.74) is 0.547. The van der Waals surface area contributed by atoms with Crippen LogP contribution in [0, 0.1) is 0 Å². The van der Waals surface area contributed by atoms with Gasteiger partial charge in [-0.2, -0.15) is 0 Å². The summed E-state index contributed by atoms with van der Waals surface area (Å²) >= 11 is 0. The third kappa shape index (κ3) is 4.20. The van der Waals surface area contributed by atoms with Crippen LogP contribution in [0.5, 0.6) is 0 Å². The molecule has 10 heteroatoms. The highest BCUT2D eigenvalue weighted by atomic mass is 32.2. The molecular weight excluding hydrogens is 362 g/mol. The molecule has 0 unspecified atom stereocenters. The Labute approximate surface area is 149 Å². The predicted octanol–water partition coefficient (Wildman–Crippen LogP) is 0.388. The lowest BCUT2D eigenvalue weighted by molar-refractivity contribution is -0.142. The number of aromatic nitrogens is 2. The van der Waals surface area contributed by atoms with E-state index in [4.69, 9.17) is 9.15 Å². The number of rotatable bonds is 5. The zero-order valence-electron chi connectivity index (χ0n) is 14.4. The third-order valence-corrected chi connectivity index (χ3v) is 4.89. The minimum Gasteiger partial charge on any atom is -0.461 e.